The molecule has 1 aliphatic heterocycles. The summed E-state index contributed by atoms with van der Waals surface area (Å²) in [6.07, 6.45) is 2.32. The fourth-order valence-corrected chi connectivity index (χ4v) is 3.33. The molecule has 0 unspecified atom stereocenters. The Balaban J connectivity index is 2.24. The lowest BCUT2D eigenvalue weighted by molar-refractivity contribution is 0.0427. The average molecular weight is 285 g/mol. The van der Waals surface area contributed by atoms with E-state index in [1.54, 1.807) is 0 Å². The molecule has 1 aliphatic rings. The maximum absolute atomic E-state index is 6.39. The Hall–Kier alpha value is -0.580. The fourth-order valence-electron chi connectivity index (χ4n) is 3.11. The Morgan fingerprint density at radius 3 is 2.58 bits per heavy atom. The molecular formula is C14H25ClN4. The van der Waals surface area contributed by atoms with Gasteiger partial charge in [0.15, 0.2) is 0 Å². The van der Waals surface area contributed by atoms with E-state index in [2.05, 4.69) is 29.2 Å². The number of hydrogen-bond donors (Lipinski definition) is 1. The first kappa shape index (κ1) is 14.8. The zero-order valence-corrected chi connectivity index (χ0v) is 13.2. The molecular weight excluding hydrogens is 260 g/mol. The van der Waals surface area contributed by atoms with E-state index in [0.29, 0.717) is 0 Å². The second-order valence-electron chi connectivity index (χ2n) is 5.50. The van der Waals surface area contributed by atoms with Crippen LogP contribution < -0.4 is 5.32 Å². The molecule has 0 radical (unpaired) electrons. The van der Waals surface area contributed by atoms with E-state index >= 15 is 0 Å². The molecule has 4 nitrogen and oxygen atoms in total. The number of nitrogens with one attached hydrogen (secondary N) is 1. The van der Waals surface area contributed by atoms with Gasteiger partial charge in [0.1, 0.15) is 0 Å². The summed E-state index contributed by atoms with van der Waals surface area (Å²) < 4.78 is 1.93. The van der Waals surface area contributed by atoms with Gasteiger partial charge in [-0.15, -0.1) is 0 Å². The second kappa shape index (κ2) is 5.81. The van der Waals surface area contributed by atoms with Crippen LogP contribution in [0.3, 0.4) is 0 Å². The van der Waals surface area contributed by atoms with Crippen molar-refractivity contribution >= 4 is 11.6 Å². The molecule has 2 rings (SSSR count). The maximum atomic E-state index is 6.39. The van der Waals surface area contributed by atoms with Crippen LogP contribution in [0.25, 0.3) is 0 Å². The van der Waals surface area contributed by atoms with E-state index in [1.165, 1.54) is 0 Å². The van der Waals surface area contributed by atoms with Gasteiger partial charge in [0, 0.05) is 38.8 Å². The number of nitrogens with zero attached hydrogens (tertiary/aromatic N) is 3. The van der Waals surface area contributed by atoms with Gasteiger partial charge < -0.3 is 5.32 Å². The first-order chi connectivity index (χ1) is 9.04. The molecule has 1 aromatic rings. The summed E-state index contributed by atoms with van der Waals surface area (Å²) in [6, 6.07) is 0. The van der Waals surface area contributed by atoms with Gasteiger partial charge in [0.05, 0.1) is 16.4 Å². The van der Waals surface area contributed by atoms with Gasteiger partial charge in [-0.3, -0.25) is 9.58 Å². The first-order valence-corrected chi connectivity index (χ1v) is 7.55. The van der Waals surface area contributed by atoms with Crippen molar-refractivity contribution in [2.24, 2.45) is 7.05 Å². The quantitative estimate of drug-likeness (QED) is 0.921. The summed E-state index contributed by atoms with van der Waals surface area (Å²) in [5.74, 6) is 0. The molecule has 1 N–H and O–H groups in total. The van der Waals surface area contributed by atoms with Crippen LogP contribution in [0, 0.1) is 6.92 Å². The third kappa shape index (κ3) is 2.67. The number of aryl methyl sites for hydroxylation is 2. The van der Waals surface area contributed by atoms with E-state index in [0.717, 1.165) is 55.4 Å². The third-order valence-electron chi connectivity index (χ3n) is 4.60. The summed E-state index contributed by atoms with van der Waals surface area (Å²) >= 11 is 6.39. The summed E-state index contributed by atoms with van der Waals surface area (Å²) in [5.41, 5.74) is 2.31. The van der Waals surface area contributed by atoms with E-state index in [4.69, 9.17) is 11.6 Å². The molecule has 0 bridgehead atoms. The van der Waals surface area contributed by atoms with Crippen molar-refractivity contribution in [1.82, 2.24) is 20.0 Å². The molecule has 2 heterocycles. The largest absolute Gasteiger partial charge is 0.314 e. The molecule has 0 atom stereocenters. The molecule has 0 spiro atoms. The summed E-state index contributed by atoms with van der Waals surface area (Å²) in [7, 11) is 1.98. The fraction of sp³-hybridized carbons (Fsp3) is 0.786. The number of aromatic nitrogens is 2. The van der Waals surface area contributed by atoms with E-state index in [-0.39, 0.29) is 5.54 Å². The van der Waals surface area contributed by atoms with Crippen molar-refractivity contribution in [2.75, 3.05) is 19.6 Å². The Kier molecular flexibility index (Phi) is 4.54. The Labute approximate surface area is 121 Å². The van der Waals surface area contributed by atoms with E-state index in [1.807, 2.05) is 18.7 Å². The molecule has 19 heavy (non-hydrogen) atoms. The summed E-state index contributed by atoms with van der Waals surface area (Å²) in [4.78, 5) is 2.58. The highest BCUT2D eigenvalue weighted by Gasteiger charge is 2.36. The van der Waals surface area contributed by atoms with Crippen molar-refractivity contribution in [3.05, 3.63) is 16.4 Å². The monoisotopic (exact) mass is 284 g/mol. The van der Waals surface area contributed by atoms with Crippen LogP contribution in [0.5, 0.6) is 0 Å². The first-order valence-electron chi connectivity index (χ1n) is 7.18. The lowest BCUT2D eigenvalue weighted by Gasteiger charge is -2.47. The van der Waals surface area contributed by atoms with Gasteiger partial charge in [0.2, 0.25) is 0 Å². The van der Waals surface area contributed by atoms with Gasteiger partial charge in [-0.1, -0.05) is 25.4 Å². The van der Waals surface area contributed by atoms with Crippen molar-refractivity contribution in [1.29, 1.82) is 0 Å². The van der Waals surface area contributed by atoms with Gasteiger partial charge in [0.25, 0.3) is 0 Å². The second-order valence-corrected chi connectivity index (χ2v) is 5.88. The molecule has 0 aromatic carbocycles. The molecule has 0 amide bonds. The van der Waals surface area contributed by atoms with Crippen LogP contribution in [-0.2, 0) is 13.6 Å². The highest BCUT2D eigenvalue weighted by Crippen LogP contribution is 2.29. The number of piperazine rings is 1. The molecule has 1 aromatic heterocycles. The topological polar surface area (TPSA) is 33.1 Å². The zero-order chi connectivity index (χ0) is 14.0. The van der Waals surface area contributed by atoms with Crippen LogP contribution in [0.2, 0.25) is 5.02 Å². The highest BCUT2D eigenvalue weighted by atomic mass is 35.5. The molecule has 1 saturated heterocycles. The van der Waals surface area contributed by atoms with Crippen LogP contribution >= 0.6 is 11.6 Å². The predicted octanol–water partition coefficient (Wildman–Crippen LogP) is 2.35. The molecule has 0 aliphatic carbocycles. The minimum absolute atomic E-state index is 0.250. The highest BCUT2D eigenvalue weighted by molar-refractivity contribution is 6.31. The molecule has 108 valence electrons. The minimum atomic E-state index is 0.250. The van der Waals surface area contributed by atoms with Crippen molar-refractivity contribution < 1.29 is 0 Å². The lowest BCUT2D eigenvalue weighted by atomic mass is 9.88. The van der Waals surface area contributed by atoms with Gasteiger partial charge in [-0.2, -0.15) is 5.10 Å². The van der Waals surface area contributed by atoms with E-state index in [9.17, 15) is 0 Å². The van der Waals surface area contributed by atoms with Gasteiger partial charge in [-0.25, -0.2) is 0 Å². The van der Waals surface area contributed by atoms with Crippen molar-refractivity contribution in [3.8, 4) is 0 Å². The maximum Gasteiger partial charge on any atom is 0.0860 e. The summed E-state index contributed by atoms with van der Waals surface area (Å²) in [6.45, 7) is 10.6. The predicted molar refractivity (Wildman–Crippen MR) is 79.5 cm³/mol. The van der Waals surface area contributed by atoms with Crippen molar-refractivity contribution in [3.63, 3.8) is 0 Å². The van der Waals surface area contributed by atoms with Crippen LogP contribution in [0.4, 0.5) is 0 Å². The standard InChI is InChI=1S/C14H25ClN4/c1-5-14(6-2)10-16-7-8-19(14)9-12-13(15)11(3)17-18(12)4/h16H,5-10H2,1-4H3. The zero-order valence-electron chi connectivity index (χ0n) is 12.5. The Morgan fingerprint density at radius 1 is 1.37 bits per heavy atom. The van der Waals surface area contributed by atoms with Gasteiger partial charge >= 0.3 is 0 Å². The molecule has 1 fully saturated rings. The molecule has 0 saturated carbocycles. The average Bonchev–Trinajstić information content (AvgIpc) is 2.66. The third-order valence-corrected chi connectivity index (χ3v) is 5.09. The number of rotatable bonds is 4. The Bertz CT molecular complexity index is 437. The SMILES string of the molecule is CCC1(CC)CNCCN1Cc1c(Cl)c(C)nn1C. The van der Waals surface area contributed by atoms with Gasteiger partial charge in [-0.05, 0) is 19.8 Å². The Morgan fingerprint density at radius 2 is 2.05 bits per heavy atom. The smallest absolute Gasteiger partial charge is 0.0860 e. The van der Waals surface area contributed by atoms with Crippen LogP contribution in [0.1, 0.15) is 38.1 Å². The van der Waals surface area contributed by atoms with E-state index < -0.39 is 0 Å². The lowest BCUT2D eigenvalue weighted by Crippen LogP contribution is -2.60. The normalized spacial score (nSPS) is 19.8. The molecule has 5 heteroatoms. The number of hydrogen-bond acceptors (Lipinski definition) is 3. The minimum Gasteiger partial charge on any atom is -0.314 e. The van der Waals surface area contributed by atoms with Crippen LogP contribution in [0.15, 0.2) is 0 Å². The van der Waals surface area contributed by atoms with Crippen molar-refractivity contribution in [2.45, 2.75) is 45.7 Å². The number of halogens is 1. The van der Waals surface area contributed by atoms with Crippen LogP contribution in [-0.4, -0.2) is 39.9 Å². The summed E-state index contributed by atoms with van der Waals surface area (Å²) in [5, 5.41) is 8.77.